The number of pyridine rings is 1. The summed E-state index contributed by atoms with van der Waals surface area (Å²) in [6.45, 7) is 3.98. The molecule has 16 heavy (non-hydrogen) atoms. The first kappa shape index (κ1) is 10.9. The third-order valence-corrected chi connectivity index (χ3v) is 3.17. The second-order valence-corrected chi connectivity index (χ2v) is 4.13. The van der Waals surface area contributed by atoms with E-state index in [1.807, 2.05) is 0 Å². The molecular formula is C12H15NO3. The quantitative estimate of drug-likeness (QED) is 0.768. The van der Waals surface area contributed by atoms with Gasteiger partial charge in [0.25, 0.3) is 5.56 Å². The molecule has 1 aromatic heterocycles. The van der Waals surface area contributed by atoms with Crippen LogP contribution in [0, 0.1) is 6.92 Å². The molecule has 0 aromatic carbocycles. The van der Waals surface area contributed by atoms with Crippen LogP contribution in [0.15, 0.2) is 4.79 Å². The van der Waals surface area contributed by atoms with Gasteiger partial charge in [-0.25, -0.2) is 0 Å². The summed E-state index contributed by atoms with van der Waals surface area (Å²) in [6.07, 6.45) is 1.91. The molecule has 2 heterocycles. The zero-order chi connectivity index (χ0) is 11.9. The molecule has 0 saturated heterocycles. The lowest BCUT2D eigenvalue weighted by Crippen LogP contribution is -2.24. The lowest BCUT2D eigenvalue weighted by atomic mass is 10.0. The summed E-state index contributed by atoms with van der Waals surface area (Å²) >= 11 is 0. The number of carbonyl (C=O) groups excluding carboxylic acids is 1. The van der Waals surface area contributed by atoms with Crippen molar-refractivity contribution >= 4 is 5.78 Å². The molecule has 0 radical (unpaired) electrons. The highest BCUT2D eigenvalue weighted by Crippen LogP contribution is 2.28. The number of fused-ring (bicyclic) bond motifs is 1. The van der Waals surface area contributed by atoms with Crippen LogP contribution in [0.2, 0.25) is 0 Å². The smallest absolute Gasteiger partial charge is 0.257 e. The molecule has 1 aromatic rings. The van der Waals surface area contributed by atoms with Gasteiger partial charge in [0.2, 0.25) is 0 Å². The molecule has 0 spiro atoms. The molecule has 0 fully saturated rings. The van der Waals surface area contributed by atoms with Gasteiger partial charge in [0.1, 0.15) is 5.75 Å². The summed E-state index contributed by atoms with van der Waals surface area (Å²) in [5, 5.41) is 9.91. The van der Waals surface area contributed by atoms with E-state index in [-0.39, 0.29) is 22.7 Å². The maximum absolute atomic E-state index is 11.8. The molecule has 4 nitrogen and oxygen atoms in total. The van der Waals surface area contributed by atoms with Crippen LogP contribution in [-0.2, 0) is 13.0 Å². The largest absolute Gasteiger partial charge is 0.507 e. The Balaban J connectivity index is 2.79. The zero-order valence-electron chi connectivity index (χ0n) is 9.54. The number of Topliss-reactive ketones (excluding diaryl/α,β-unsaturated/α-hetero) is 1. The number of aromatic hydroxyl groups is 1. The maximum Gasteiger partial charge on any atom is 0.257 e. The minimum Gasteiger partial charge on any atom is -0.507 e. The van der Waals surface area contributed by atoms with Gasteiger partial charge in [0.05, 0.1) is 11.1 Å². The van der Waals surface area contributed by atoms with E-state index in [4.69, 9.17) is 0 Å². The van der Waals surface area contributed by atoms with Gasteiger partial charge in [-0.3, -0.25) is 9.59 Å². The van der Waals surface area contributed by atoms with Crippen molar-refractivity contribution in [3.8, 4) is 5.75 Å². The molecular weight excluding hydrogens is 206 g/mol. The number of nitrogens with zero attached hydrogens (tertiary/aromatic N) is 1. The maximum atomic E-state index is 11.8. The minimum atomic E-state index is -0.169. The molecule has 0 amide bonds. The van der Waals surface area contributed by atoms with Crippen LogP contribution in [0.1, 0.15) is 41.4 Å². The van der Waals surface area contributed by atoms with E-state index >= 15 is 0 Å². The average molecular weight is 221 g/mol. The summed E-state index contributed by atoms with van der Waals surface area (Å²) in [6, 6.07) is 0. The van der Waals surface area contributed by atoms with Gasteiger partial charge < -0.3 is 9.67 Å². The van der Waals surface area contributed by atoms with Gasteiger partial charge in [0.15, 0.2) is 5.78 Å². The summed E-state index contributed by atoms with van der Waals surface area (Å²) in [5.74, 6) is -0.212. The standard InChI is InChI=1S/C12H15NO3/c1-3-9(14)10-8-5-4-6-13(8)12(16)7(2)11(10)15/h15H,3-6H2,1-2H3. The second kappa shape index (κ2) is 3.77. The Labute approximate surface area is 93.5 Å². The van der Waals surface area contributed by atoms with Crippen molar-refractivity contribution in [2.24, 2.45) is 0 Å². The molecule has 86 valence electrons. The first-order valence-electron chi connectivity index (χ1n) is 5.56. The first-order chi connectivity index (χ1) is 7.57. The Kier molecular flexibility index (Phi) is 2.58. The van der Waals surface area contributed by atoms with Gasteiger partial charge in [-0.2, -0.15) is 0 Å². The summed E-state index contributed by atoms with van der Waals surface area (Å²) < 4.78 is 1.62. The van der Waals surface area contributed by atoms with Gasteiger partial charge in [-0.15, -0.1) is 0 Å². The minimum absolute atomic E-state index is 0.0914. The van der Waals surface area contributed by atoms with E-state index in [0.29, 0.717) is 30.6 Å². The van der Waals surface area contributed by atoms with Crippen LogP contribution < -0.4 is 5.56 Å². The fourth-order valence-electron chi connectivity index (χ4n) is 2.26. The lowest BCUT2D eigenvalue weighted by molar-refractivity contribution is 0.0983. The number of hydrogen-bond acceptors (Lipinski definition) is 3. The summed E-state index contributed by atoms with van der Waals surface area (Å²) in [4.78, 5) is 23.6. The fraction of sp³-hybridized carbons (Fsp3) is 0.500. The zero-order valence-corrected chi connectivity index (χ0v) is 9.54. The number of aromatic nitrogens is 1. The van der Waals surface area contributed by atoms with Crippen molar-refractivity contribution in [2.45, 2.75) is 39.7 Å². The molecule has 4 heteroatoms. The number of ketones is 1. The molecule has 0 saturated carbocycles. The third kappa shape index (κ3) is 1.37. The molecule has 0 atom stereocenters. The molecule has 1 aliphatic rings. The second-order valence-electron chi connectivity index (χ2n) is 4.13. The van der Waals surface area contributed by atoms with Crippen molar-refractivity contribution in [2.75, 3.05) is 0 Å². The number of carbonyl (C=O) groups is 1. The Morgan fingerprint density at radius 2 is 2.19 bits per heavy atom. The Hall–Kier alpha value is -1.58. The lowest BCUT2D eigenvalue weighted by Gasteiger charge is -2.12. The Morgan fingerprint density at radius 1 is 1.50 bits per heavy atom. The first-order valence-corrected chi connectivity index (χ1v) is 5.56. The van der Waals surface area contributed by atoms with E-state index in [2.05, 4.69) is 0 Å². The highest BCUT2D eigenvalue weighted by Gasteiger charge is 2.25. The molecule has 0 bridgehead atoms. The van der Waals surface area contributed by atoms with E-state index in [9.17, 15) is 14.7 Å². The topological polar surface area (TPSA) is 59.3 Å². The average Bonchev–Trinajstić information content (AvgIpc) is 2.74. The van der Waals surface area contributed by atoms with Crippen molar-refractivity contribution in [3.05, 3.63) is 27.2 Å². The summed E-state index contributed by atoms with van der Waals surface area (Å²) in [5.41, 5.74) is 1.18. The van der Waals surface area contributed by atoms with E-state index in [1.54, 1.807) is 18.4 Å². The highest BCUT2D eigenvalue weighted by atomic mass is 16.3. The third-order valence-electron chi connectivity index (χ3n) is 3.17. The van der Waals surface area contributed by atoms with Crippen molar-refractivity contribution < 1.29 is 9.90 Å². The predicted molar refractivity (Wildman–Crippen MR) is 60.0 cm³/mol. The van der Waals surface area contributed by atoms with Gasteiger partial charge in [0, 0.05) is 18.7 Å². The molecule has 1 aliphatic heterocycles. The fourth-order valence-corrected chi connectivity index (χ4v) is 2.26. The van der Waals surface area contributed by atoms with Gasteiger partial charge >= 0.3 is 0 Å². The van der Waals surface area contributed by atoms with Crippen molar-refractivity contribution in [1.82, 2.24) is 4.57 Å². The van der Waals surface area contributed by atoms with Crippen LogP contribution >= 0.6 is 0 Å². The number of rotatable bonds is 2. The Bertz CT molecular complexity index is 514. The molecule has 0 aliphatic carbocycles. The monoisotopic (exact) mass is 221 g/mol. The van der Waals surface area contributed by atoms with Gasteiger partial charge in [-0.05, 0) is 19.8 Å². The SMILES string of the molecule is CCC(=O)c1c(O)c(C)c(=O)n2c1CCC2. The molecule has 0 unspecified atom stereocenters. The van der Waals surface area contributed by atoms with Crippen LogP contribution in [0.3, 0.4) is 0 Å². The van der Waals surface area contributed by atoms with E-state index in [1.165, 1.54) is 0 Å². The van der Waals surface area contributed by atoms with Crippen molar-refractivity contribution in [3.63, 3.8) is 0 Å². The highest BCUT2D eigenvalue weighted by molar-refractivity contribution is 5.99. The predicted octanol–water partition coefficient (Wildman–Crippen LogP) is 1.40. The normalized spacial score (nSPS) is 13.9. The molecule has 1 N–H and O–H groups in total. The van der Waals surface area contributed by atoms with Crippen LogP contribution in [0.4, 0.5) is 0 Å². The van der Waals surface area contributed by atoms with Crippen LogP contribution in [-0.4, -0.2) is 15.5 Å². The number of hydrogen-bond donors (Lipinski definition) is 1. The van der Waals surface area contributed by atoms with E-state index < -0.39 is 0 Å². The van der Waals surface area contributed by atoms with Crippen LogP contribution in [0.5, 0.6) is 5.75 Å². The Morgan fingerprint density at radius 3 is 2.81 bits per heavy atom. The van der Waals surface area contributed by atoms with Crippen molar-refractivity contribution in [1.29, 1.82) is 0 Å². The van der Waals surface area contributed by atoms with E-state index in [0.717, 1.165) is 6.42 Å². The molecule has 2 rings (SSSR count). The van der Waals surface area contributed by atoms with Gasteiger partial charge in [-0.1, -0.05) is 6.92 Å². The van der Waals surface area contributed by atoms with Crippen LogP contribution in [0.25, 0.3) is 0 Å². The summed E-state index contributed by atoms with van der Waals surface area (Å²) in [7, 11) is 0.